The first-order valence-electron chi connectivity index (χ1n) is 6.27. The van der Waals surface area contributed by atoms with Crippen molar-refractivity contribution in [2.45, 2.75) is 39.2 Å². The summed E-state index contributed by atoms with van der Waals surface area (Å²) in [5.74, 6) is 2.44. The van der Waals surface area contributed by atoms with E-state index in [0.717, 1.165) is 17.7 Å². The minimum absolute atomic E-state index is 0.601. The Kier molecular flexibility index (Phi) is 2.31. The van der Waals surface area contributed by atoms with E-state index in [0.29, 0.717) is 17.5 Å². The topological polar surface area (TPSA) is 56.7 Å². The van der Waals surface area contributed by atoms with Crippen molar-refractivity contribution in [1.82, 2.24) is 14.5 Å². The van der Waals surface area contributed by atoms with Crippen molar-refractivity contribution in [3.63, 3.8) is 0 Å². The number of pyridine rings is 1. The lowest BCUT2D eigenvalue weighted by Gasteiger charge is -2.10. The number of rotatable bonds is 3. The van der Waals surface area contributed by atoms with Gasteiger partial charge >= 0.3 is 0 Å². The van der Waals surface area contributed by atoms with Crippen molar-refractivity contribution in [1.29, 1.82) is 0 Å². The van der Waals surface area contributed by atoms with E-state index in [2.05, 4.69) is 23.4 Å². The van der Waals surface area contributed by atoms with Crippen LogP contribution < -0.4 is 5.73 Å². The summed E-state index contributed by atoms with van der Waals surface area (Å²) in [5.41, 5.74) is 8.37. The number of hydrogen-bond donors (Lipinski definition) is 1. The zero-order valence-corrected chi connectivity index (χ0v) is 10.3. The standard InChI is InChI=1S/C13H18N4/c1-8(2)7-17-12(9-3-4-9)16-11-5-10(14)6-15-13(11)17/h5-6,8-9H,3-4,7,14H2,1-2H3. The molecule has 0 aliphatic heterocycles. The largest absolute Gasteiger partial charge is 0.397 e. The van der Waals surface area contributed by atoms with Crippen molar-refractivity contribution < 1.29 is 0 Å². The smallest absolute Gasteiger partial charge is 0.160 e. The monoisotopic (exact) mass is 230 g/mol. The predicted octanol–water partition coefficient (Wildman–Crippen LogP) is 2.55. The van der Waals surface area contributed by atoms with Gasteiger partial charge in [-0.15, -0.1) is 0 Å². The maximum Gasteiger partial charge on any atom is 0.160 e. The summed E-state index contributed by atoms with van der Waals surface area (Å²) < 4.78 is 2.27. The summed E-state index contributed by atoms with van der Waals surface area (Å²) in [6.07, 6.45) is 4.24. The Bertz CT molecular complexity index is 552. The van der Waals surface area contributed by atoms with E-state index >= 15 is 0 Å². The summed E-state index contributed by atoms with van der Waals surface area (Å²) >= 11 is 0. The molecule has 2 heterocycles. The summed E-state index contributed by atoms with van der Waals surface area (Å²) in [6.45, 7) is 5.43. The van der Waals surface area contributed by atoms with Crippen LogP contribution in [0.2, 0.25) is 0 Å². The fourth-order valence-electron chi connectivity index (χ4n) is 2.24. The Labute approximate surface area is 101 Å². The molecule has 0 atom stereocenters. The zero-order valence-electron chi connectivity index (χ0n) is 10.3. The normalized spacial score (nSPS) is 15.9. The summed E-state index contributed by atoms with van der Waals surface area (Å²) in [4.78, 5) is 9.15. The Hall–Kier alpha value is -1.58. The van der Waals surface area contributed by atoms with E-state index < -0.39 is 0 Å². The summed E-state index contributed by atoms with van der Waals surface area (Å²) in [6, 6.07) is 1.92. The maximum absolute atomic E-state index is 5.76. The van der Waals surface area contributed by atoms with Gasteiger partial charge < -0.3 is 10.3 Å². The van der Waals surface area contributed by atoms with Gasteiger partial charge in [0.25, 0.3) is 0 Å². The molecule has 90 valence electrons. The third-order valence-corrected chi connectivity index (χ3v) is 3.13. The van der Waals surface area contributed by atoms with Crippen molar-refractivity contribution in [2.75, 3.05) is 5.73 Å². The molecular weight excluding hydrogens is 212 g/mol. The van der Waals surface area contributed by atoms with E-state index in [1.165, 1.54) is 18.7 Å². The number of anilines is 1. The number of nitrogens with two attached hydrogens (primary N) is 1. The number of hydrogen-bond acceptors (Lipinski definition) is 3. The molecule has 0 aromatic carbocycles. The lowest BCUT2D eigenvalue weighted by molar-refractivity contribution is 0.515. The second-order valence-electron chi connectivity index (χ2n) is 5.36. The quantitative estimate of drug-likeness (QED) is 0.881. The van der Waals surface area contributed by atoms with Crippen LogP contribution in [-0.2, 0) is 6.54 Å². The van der Waals surface area contributed by atoms with E-state index in [1.54, 1.807) is 6.20 Å². The van der Waals surface area contributed by atoms with Gasteiger partial charge in [0, 0.05) is 12.5 Å². The molecular formula is C13H18N4. The van der Waals surface area contributed by atoms with Gasteiger partial charge in [0.15, 0.2) is 5.65 Å². The zero-order chi connectivity index (χ0) is 12.0. The third-order valence-electron chi connectivity index (χ3n) is 3.13. The van der Waals surface area contributed by atoms with Gasteiger partial charge in [-0.2, -0.15) is 0 Å². The first-order chi connectivity index (χ1) is 8.15. The maximum atomic E-state index is 5.76. The van der Waals surface area contributed by atoms with Crippen LogP contribution in [0.1, 0.15) is 38.4 Å². The van der Waals surface area contributed by atoms with Gasteiger partial charge in [-0.25, -0.2) is 9.97 Å². The van der Waals surface area contributed by atoms with E-state index in [1.807, 2.05) is 6.07 Å². The molecule has 2 aromatic heterocycles. The van der Waals surface area contributed by atoms with Crippen LogP contribution in [-0.4, -0.2) is 14.5 Å². The van der Waals surface area contributed by atoms with Crippen molar-refractivity contribution in [3.05, 3.63) is 18.1 Å². The molecule has 3 rings (SSSR count). The number of imidazole rings is 1. The average Bonchev–Trinajstić information content (AvgIpc) is 3.03. The second kappa shape index (κ2) is 3.72. The molecule has 2 aromatic rings. The van der Waals surface area contributed by atoms with Gasteiger partial charge in [0.05, 0.1) is 11.9 Å². The summed E-state index contributed by atoms with van der Waals surface area (Å²) in [5, 5.41) is 0. The molecule has 1 saturated carbocycles. The third kappa shape index (κ3) is 1.88. The first-order valence-corrected chi connectivity index (χ1v) is 6.27. The Morgan fingerprint density at radius 2 is 2.24 bits per heavy atom. The van der Waals surface area contributed by atoms with Crippen molar-refractivity contribution in [3.8, 4) is 0 Å². The molecule has 1 fully saturated rings. The molecule has 4 heteroatoms. The van der Waals surface area contributed by atoms with Crippen LogP contribution >= 0.6 is 0 Å². The van der Waals surface area contributed by atoms with E-state index in [-0.39, 0.29) is 0 Å². The Morgan fingerprint density at radius 1 is 1.47 bits per heavy atom. The molecule has 17 heavy (non-hydrogen) atoms. The molecule has 1 aliphatic carbocycles. The molecule has 0 bridgehead atoms. The number of nitrogens with zero attached hydrogens (tertiary/aromatic N) is 3. The highest BCUT2D eigenvalue weighted by atomic mass is 15.1. The van der Waals surface area contributed by atoms with Gasteiger partial charge in [-0.1, -0.05) is 13.8 Å². The molecule has 0 radical (unpaired) electrons. The highest BCUT2D eigenvalue weighted by Gasteiger charge is 2.30. The molecule has 0 saturated heterocycles. The first kappa shape index (κ1) is 10.6. The minimum Gasteiger partial charge on any atom is -0.397 e. The molecule has 2 N–H and O–H groups in total. The van der Waals surface area contributed by atoms with Crippen molar-refractivity contribution >= 4 is 16.9 Å². The number of nitrogen functional groups attached to an aromatic ring is 1. The fraction of sp³-hybridized carbons (Fsp3) is 0.538. The molecule has 0 spiro atoms. The predicted molar refractivity (Wildman–Crippen MR) is 68.8 cm³/mol. The van der Waals surface area contributed by atoms with Gasteiger partial charge in [0.1, 0.15) is 11.3 Å². The SMILES string of the molecule is CC(C)Cn1c(C2CC2)nc2cc(N)cnc21. The van der Waals surface area contributed by atoms with Gasteiger partial charge in [-0.3, -0.25) is 0 Å². The molecule has 1 aliphatic rings. The molecule has 0 amide bonds. The van der Waals surface area contributed by atoms with Crippen LogP contribution in [0.25, 0.3) is 11.2 Å². The van der Waals surface area contributed by atoms with Crippen LogP contribution in [0.3, 0.4) is 0 Å². The highest BCUT2D eigenvalue weighted by molar-refractivity contribution is 5.75. The Balaban J connectivity index is 2.16. The molecule has 4 nitrogen and oxygen atoms in total. The van der Waals surface area contributed by atoms with E-state index in [4.69, 9.17) is 10.7 Å². The van der Waals surface area contributed by atoms with E-state index in [9.17, 15) is 0 Å². The number of aromatic nitrogens is 3. The average molecular weight is 230 g/mol. The molecule has 0 unspecified atom stereocenters. The van der Waals surface area contributed by atoms with Crippen LogP contribution in [0.15, 0.2) is 12.3 Å². The van der Waals surface area contributed by atoms with Crippen molar-refractivity contribution in [2.24, 2.45) is 5.92 Å². The fourth-order valence-corrected chi connectivity index (χ4v) is 2.24. The Morgan fingerprint density at radius 3 is 2.88 bits per heavy atom. The minimum atomic E-state index is 0.601. The van der Waals surface area contributed by atoms with Crippen LogP contribution in [0, 0.1) is 5.92 Å². The number of fused-ring (bicyclic) bond motifs is 1. The highest BCUT2D eigenvalue weighted by Crippen LogP contribution is 2.40. The second-order valence-corrected chi connectivity index (χ2v) is 5.36. The van der Waals surface area contributed by atoms with Gasteiger partial charge in [-0.05, 0) is 24.8 Å². The lowest BCUT2D eigenvalue weighted by atomic mass is 10.2. The summed E-state index contributed by atoms with van der Waals surface area (Å²) in [7, 11) is 0. The van der Waals surface area contributed by atoms with Crippen LogP contribution in [0.5, 0.6) is 0 Å². The van der Waals surface area contributed by atoms with Gasteiger partial charge in [0.2, 0.25) is 0 Å². The lowest BCUT2D eigenvalue weighted by Crippen LogP contribution is -2.08. The van der Waals surface area contributed by atoms with Crippen LogP contribution in [0.4, 0.5) is 5.69 Å².